The van der Waals surface area contributed by atoms with Gasteiger partial charge in [-0.1, -0.05) is 13.8 Å². The van der Waals surface area contributed by atoms with Crippen LogP contribution in [0.5, 0.6) is 0 Å². The van der Waals surface area contributed by atoms with E-state index in [1.807, 2.05) is 13.8 Å². The second-order valence-corrected chi connectivity index (χ2v) is 4.16. The molecular formula is C12H13FN2O3. The average Bonchev–Trinajstić information content (AvgIpc) is 2.31. The van der Waals surface area contributed by atoms with Gasteiger partial charge in [-0.3, -0.25) is 9.36 Å². The van der Waals surface area contributed by atoms with Gasteiger partial charge in [-0.15, -0.1) is 0 Å². The molecule has 1 heterocycles. The van der Waals surface area contributed by atoms with Crippen molar-refractivity contribution < 1.29 is 13.9 Å². The summed E-state index contributed by atoms with van der Waals surface area (Å²) in [5, 5.41) is 8.49. The van der Waals surface area contributed by atoms with Crippen molar-refractivity contribution in [3.8, 4) is 6.07 Å². The number of hydrogen-bond acceptors (Lipinski definition) is 4. The van der Waals surface area contributed by atoms with Crippen molar-refractivity contribution in [3.05, 3.63) is 34.0 Å². The van der Waals surface area contributed by atoms with E-state index in [0.717, 1.165) is 16.8 Å². The first-order valence-corrected chi connectivity index (χ1v) is 5.39. The average molecular weight is 252 g/mol. The number of carbonyl (C=O) groups is 1. The highest BCUT2D eigenvalue weighted by Crippen LogP contribution is 2.04. The van der Waals surface area contributed by atoms with Crippen LogP contribution >= 0.6 is 0 Å². The van der Waals surface area contributed by atoms with Gasteiger partial charge in [0.25, 0.3) is 5.56 Å². The molecule has 0 aromatic carbocycles. The zero-order valence-electron chi connectivity index (χ0n) is 10.1. The molecule has 0 N–H and O–H groups in total. The van der Waals surface area contributed by atoms with Gasteiger partial charge >= 0.3 is 5.97 Å². The molecule has 96 valence electrons. The number of nitrogens with zero attached hydrogens (tertiary/aromatic N) is 2. The number of pyridine rings is 1. The molecule has 18 heavy (non-hydrogen) atoms. The predicted molar refractivity (Wildman–Crippen MR) is 61.4 cm³/mol. The van der Waals surface area contributed by atoms with Crippen LogP contribution in [0.25, 0.3) is 0 Å². The lowest BCUT2D eigenvalue weighted by molar-refractivity contribution is 0.0457. The van der Waals surface area contributed by atoms with Crippen molar-refractivity contribution in [3.63, 3.8) is 0 Å². The topological polar surface area (TPSA) is 72.1 Å². The number of esters is 1. The molecule has 0 unspecified atom stereocenters. The van der Waals surface area contributed by atoms with Crippen molar-refractivity contribution in [2.75, 3.05) is 6.61 Å². The van der Waals surface area contributed by atoms with E-state index in [-0.39, 0.29) is 24.6 Å². The number of hydrogen-bond donors (Lipinski definition) is 0. The molecule has 0 radical (unpaired) electrons. The van der Waals surface area contributed by atoms with E-state index in [2.05, 4.69) is 0 Å². The number of rotatable bonds is 4. The van der Waals surface area contributed by atoms with Crippen LogP contribution in [0.1, 0.15) is 24.2 Å². The van der Waals surface area contributed by atoms with Crippen LogP contribution < -0.4 is 5.56 Å². The van der Waals surface area contributed by atoms with Gasteiger partial charge in [-0.25, -0.2) is 9.18 Å². The maximum absolute atomic E-state index is 13.3. The fraction of sp³-hybridized carbons (Fsp3) is 0.417. The SMILES string of the molecule is CC(C)COC(=O)c1cc(F)c(=O)n(CC#N)c1. The first kappa shape index (κ1) is 13.9. The van der Waals surface area contributed by atoms with Crippen molar-refractivity contribution in [2.24, 2.45) is 5.92 Å². The summed E-state index contributed by atoms with van der Waals surface area (Å²) in [6.07, 6.45) is 1.12. The van der Waals surface area contributed by atoms with Crippen molar-refractivity contribution in [1.82, 2.24) is 4.57 Å². The molecule has 0 spiro atoms. The number of halogens is 1. The van der Waals surface area contributed by atoms with Crippen LogP contribution in [0.2, 0.25) is 0 Å². The third-order valence-electron chi connectivity index (χ3n) is 2.07. The second kappa shape index (κ2) is 5.96. The molecule has 1 aromatic heterocycles. The highest BCUT2D eigenvalue weighted by Gasteiger charge is 2.13. The first-order chi connectivity index (χ1) is 8.45. The summed E-state index contributed by atoms with van der Waals surface area (Å²) >= 11 is 0. The lowest BCUT2D eigenvalue weighted by Crippen LogP contribution is -2.24. The Morgan fingerprint density at radius 1 is 1.61 bits per heavy atom. The minimum atomic E-state index is -1.08. The van der Waals surface area contributed by atoms with Gasteiger partial charge < -0.3 is 4.74 Å². The minimum Gasteiger partial charge on any atom is -0.462 e. The van der Waals surface area contributed by atoms with Gasteiger partial charge in [-0.05, 0) is 12.0 Å². The van der Waals surface area contributed by atoms with Crippen molar-refractivity contribution in [2.45, 2.75) is 20.4 Å². The molecule has 0 saturated carbocycles. The summed E-state index contributed by atoms with van der Waals surface area (Å²) in [7, 11) is 0. The van der Waals surface area contributed by atoms with E-state index in [1.54, 1.807) is 6.07 Å². The molecule has 6 heteroatoms. The first-order valence-electron chi connectivity index (χ1n) is 5.39. The molecule has 0 saturated heterocycles. The van der Waals surface area contributed by atoms with E-state index in [0.29, 0.717) is 0 Å². The van der Waals surface area contributed by atoms with Crippen LogP contribution in [-0.2, 0) is 11.3 Å². The van der Waals surface area contributed by atoms with E-state index >= 15 is 0 Å². The summed E-state index contributed by atoms with van der Waals surface area (Å²) in [5.74, 6) is -1.64. The van der Waals surface area contributed by atoms with Crippen LogP contribution in [0, 0.1) is 23.1 Å². The Bertz CT molecular complexity index is 543. The quantitative estimate of drug-likeness (QED) is 0.758. The standard InChI is InChI=1S/C12H13FN2O3/c1-8(2)7-18-12(17)9-5-10(13)11(16)15(6-9)4-3-14/h5-6,8H,4,7H2,1-2H3. The van der Waals surface area contributed by atoms with Crippen LogP contribution in [0.4, 0.5) is 4.39 Å². The van der Waals surface area contributed by atoms with Crippen LogP contribution in [0.3, 0.4) is 0 Å². The van der Waals surface area contributed by atoms with Crippen LogP contribution in [-0.4, -0.2) is 17.1 Å². The largest absolute Gasteiger partial charge is 0.462 e. The van der Waals surface area contributed by atoms with Gasteiger partial charge in [0.2, 0.25) is 0 Å². The lowest BCUT2D eigenvalue weighted by atomic mass is 10.2. The third kappa shape index (κ3) is 3.42. The lowest BCUT2D eigenvalue weighted by Gasteiger charge is -2.08. The molecule has 0 fully saturated rings. The highest BCUT2D eigenvalue weighted by atomic mass is 19.1. The van der Waals surface area contributed by atoms with E-state index < -0.39 is 17.3 Å². The van der Waals surface area contributed by atoms with E-state index in [1.165, 1.54) is 0 Å². The highest BCUT2D eigenvalue weighted by molar-refractivity contribution is 5.89. The monoisotopic (exact) mass is 252 g/mol. The number of ether oxygens (including phenoxy) is 1. The van der Waals surface area contributed by atoms with Gasteiger partial charge in [0.15, 0.2) is 5.82 Å². The summed E-state index contributed by atoms with van der Waals surface area (Å²) in [4.78, 5) is 22.9. The fourth-order valence-electron chi connectivity index (χ4n) is 1.23. The molecule has 0 aliphatic rings. The molecule has 1 rings (SSSR count). The number of aromatic nitrogens is 1. The Labute approximate surface area is 103 Å². The number of carbonyl (C=O) groups excluding carboxylic acids is 1. The molecular weight excluding hydrogens is 239 g/mol. The molecule has 0 bridgehead atoms. The maximum atomic E-state index is 13.3. The molecule has 0 atom stereocenters. The second-order valence-electron chi connectivity index (χ2n) is 4.16. The van der Waals surface area contributed by atoms with Gasteiger partial charge in [0.1, 0.15) is 6.54 Å². The number of nitriles is 1. The third-order valence-corrected chi connectivity index (χ3v) is 2.07. The summed E-state index contributed by atoms with van der Waals surface area (Å²) in [6, 6.07) is 2.53. The van der Waals surface area contributed by atoms with Gasteiger partial charge in [0.05, 0.1) is 18.2 Å². The smallest absolute Gasteiger partial charge is 0.339 e. The van der Waals surface area contributed by atoms with E-state index in [4.69, 9.17) is 10.00 Å². The molecule has 1 aromatic rings. The van der Waals surface area contributed by atoms with Crippen molar-refractivity contribution >= 4 is 5.97 Å². The molecule has 5 nitrogen and oxygen atoms in total. The van der Waals surface area contributed by atoms with E-state index in [9.17, 15) is 14.0 Å². The van der Waals surface area contributed by atoms with Gasteiger partial charge in [-0.2, -0.15) is 5.26 Å². The maximum Gasteiger partial charge on any atom is 0.339 e. The van der Waals surface area contributed by atoms with Crippen molar-refractivity contribution in [1.29, 1.82) is 5.26 Å². The Hall–Kier alpha value is -2.16. The zero-order valence-corrected chi connectivity index (χ0v) is 10.1. The Kier molecular flexibility index (Phi) is 4.60. The molecule has 0 amide bonds. The fourth-order valence-corrected chi connectivity index (χ4v) is 1.23. The Balaban J connectivity index is 3.00. The molecule has 0 aliphatic heterocycles. The summed E-state index contributed by atoms with van der Waals surface area (Å²) < 4.78 is 19.0. The molecule has 0 aliphatic carbocycles. The Morgan fingerprint density at radius 2 is 2.28 bits per heavy atom. The summed E-state index contributed by atoms with van der Waals surface area (Å²) in [5.41, 5.74) is -1.01. The zero-order chi connectivity index (χ0) is 13.7. The predicted octanol–water partition coefficient (Wildman–Crippen LogP) is 1.32. The van der Waals surface area contributed by atoms with Crippen LogP contribution in [0.15, 0.2) is 17.1 Å². The Morgan fingerprint density at radius 3 is 2.83 bits per heavy atom. The van der Waals surface area contributed by atoms with Gasteiger partial charge in [0, 0.05) is 6.20 Å². The minimum absolute atomic E-state index is 0.0806. The summed E-state index contributed by atoms with van der Waals surface area (Å²) in [6.45, 7) is 3.62. The normalized spacial score (nSPS) is 10.2.